The summed E-state index contributed by atoms with van der Waals surface area (Å²) in [5.74, 6) is -1.36. The number of esters is 2. The number of carbonyl (C=O) groups excluding carboxylic acids is 3. The van der Waals surface area contributed by atoms with Crippen molar-refractivity contribution < 1.29 is 28.6 Å². The van der Waals surface area contributed by atoms with Crippen LogP contribution in [0.5, 0.6) is 0 Å². The predicted molar refractivity (Wildman–Crippen MR) is 100 cm³/mol. The molecule has 28 heavy (non-hydrogen) atoms. The quantitative estimate of drug-likeness (QED) is 0.583. The van der Waals surface area contributed by atoms with E-state index < -0.39 is 30.1 Å². The van der Waals surface area contributed by atoms with E-state index >= 15 is 0 Å². The second-order valence-electron chi connectivity index (χ2n) is 6.27. The molecule has 0 fully saturated rings. The molecule has 1 unspecified atom stereocenters. The third-order valence-corrected chi connectivity index (χ3v) is 4.86. The van der Waals surface area contributed by atoms with E-state index in [9.17, 15) is 14.4 Å². The standard InChI is InChI=1S/C21H21NO6/c1-26-18(23)12-17(20(24)27-2)22(21(25)28-3)19-15-10-6-4-8-13(15)14-9-5-7-11-16(14)19/h4-11,17,19H,12H2,1-3H3. The van der Waals surface area contributed by atoms with E-state index in [0.29, 0.717) is 0 Å². The third-order valence-electron chi connectivity index (χ3n) is 4.86. The summed E-state index contributed by atoms with van der Waals surface area (Å²) in [5.41, 5.74) is 3.60. The smallest absolute Gasteiger partial charge is 0.411 e. The largest absolute Gasteiger partial charge is 0.469 e. The molecule has 1 atom stereocenters. The molecule has 0 saturated carbocycles. The zero-order valence-corrected chi connectivity index (χ0v) is 15.9. The Labute approximate surface area is 162 Å². The lowest BCUT2D eigenvalue weighted by atomic mass is 10.0. The molecule has 0 spiro atoms. The number of ether oxygens (including phenoxy) is 3. The molecule has 1 amide bonds. The highest BCUT2D eigenvalue weighted by Gasteiger charge is 2.43. The van der Waals surface area contributed by atoms with E-state index in [2.05, 4.69) is 0 Å². The van der Waals surface area contributed by atoms with Crippen molar-refractivity contribution >= 4 is 18.0 Å². The van der Waals surface area contributed by atoms with Crippen molar-refractivity contribution in [2.75, 3.05) is 21.3 Å². The number of rotatable bonds is 5. The van der Waals surface area contributed by atoms with Crippen LogP contribution in [0.2, 0.25) is 0 Å². The summed E-state index contributed by atoms with van der Waals surface area (Å²) >= 11 is 0. The van der Waals surface area contributed by atoms with Crippen molar-refractivity contribution in [1.29, 1.82) is 0 Å². The Kier molecular flexibility index (Phi) is 5.63. The molecule has 0 aliphatic heterocycles. The van der Waals surface area contributed by atoms with Gasteiger partial charge in [0.15, 0.2) is 0 Å². The molecule has 0 heterocycles. The van der Waals surface area contributed by atoms with Crippen LogP contribution in [0.1, 0.15) is 23.6 Å². The number of methoxy groups -OCH3 is 3. The van der Waals surface area contributed by atoms with Gasteiger partial charge in [-0.25, -0.2) is 9.59 Å². The summed E-state index contributed by atoms with van der Waals surface area (Å²) in [6.07, 6.45) is -1.09. The number of fused-ring (bicyclic) bond motifs is 3. The first kappa shape index (κ1) is 19.4. The Morgan fingerprint density at radius 2 is 1.39 bits per heavy atom. The monoisotopic (exact) mass is 383 g/mol. The fraction of sp³-hybridized carbons (Fsp3) is 0.286. The molecule has 1 aliphatic carbocycles. The number of benzene rings is 2. The number of carbonyl (C=O) groups is 3. The zero-order valence-electron chi connectivity index (χ0n) is 15.9. The van der Waals surface area contributed by atoms with E-state index in [1.807, 2.05) is 48.5 Å². The molecule has 1 aliphatic rings. The molecule has 0 saturated heterocycles. The van der Waals surface area contributed by atoms with Gasteiger partial charge >= 0.3 is 18.0 Å². The van der Waals surface area contributed by atoms with Crippen LogP contribution in [0.15, 0.2) is 48.5 Å². The molecule has 0 N–H and O–H groups in total. The third kappa shape index (κ3) is 3.31. The summed E-state index contributed by atoms with van der Waals surface area (Å²) in [5, 5.41) is 0. The normalized spacial score (nSPS) is 13.1. The van der Waals surface area contributed by atoms with E-state index in [0.717, 1.165) is 22.3 Å². The first-order chi connectivity index (χ1) is 13.5. The SMILES string of the molecule is COC(=O)CC(C(=O)OC)N(C(=O)OC)C1c2ccccc2-c2ccccc21. The highest BCUT2D eigenvalue weighted by Crippen LogP contribution is 2.47. The van der Waals surface area contributed by atoms with E-state index in [1.165, 1.54) is 26.2 Å². The van der Waals surface area contributed by atoms with Crippen molar-refractivity contribution in [3.63, 3.8) is 0 Å². The molecule has 0 bridgehead atoms. The number of nitrogens with zero attached hydrogens (tertiary/aromatic N) is 1. The fourth-order valence-corrected chi connectivity index (χ4v) is 3.62. The fourth-order valence-electron chi connectivity index (χ4n) is 3.62. The average Bonchev–Trinajstić information content (AvgIpc) is 3.07. The number of hydrogen-bond acceptors (Lipinski definition) is 6. The Morgan fingerprint density at radius 1 is 0.857 bits per heavy atom. The molecular weight excluding hydrogens is 362 g/mol. The maximum Gasteiger partial charge on any atom is 0.411 e. The summed E-state index contributed by atoms with van der Waals surface area (Å²) < 4.78 is 14.6. The summed E-state index contributed by atoms with van der Waals surface area (Å²) in [6, 6.07) is 13.4. The van der Waals surface area contributed by atoms with Gasteiger partial charge in [-0.2, -0.15) is 0 Å². The molecule has 7 heteroatoms. The van der Waals surface area contributed by atoms with Crippen LogP contribution in [-0.4, -0.2) is 50.3 Å². The maximum atomic E-state index is 12.8. The van der Waals surface area contributed by atoms with Crippen molar-refractivity contribution in [3.8, 4) is 11.1 Å². The minimum Gasteiger partial charge on any atom is -0.469 e. The van der Waals surface area contributed by atoms with Gasteiger partial charge in [0, 0.05) is 0 Å². The number of hydrogen-bond donors (Lipinski definition) is 0. The molecule has 3 rings (SSSR count). The van der Waals surface area contributed by atoms with Gasteiger partial charge in [0.25, 0.3) is 0 Å². The zero-order chi connectivity index (χ0) is 20.3. The minimum absolute atomic E-state index is 0.348. The summed E-state index contributed by atoms with van der Waals surface area (Å²) in [6.45, 7) is 0. The maximum absolute atomic E-state index is 12.8. The van der Waals surface area contributed by atoms with Crippen LogP contribution in [0.25, 0.3) is 11.1 Å². The van der Waals surface area contributed by atoms with Gasteiger partial charge in [0.1, 0.15) is 6.04 Å². The topological polar surface area (TPSA) is 82.1 Å². The van der Waals surface area contributed by atoms with Gasteiger partial charge in [-0.05, 0) is 22.3 Å². The van der Waals surface area contributed by atoms with Crippen molar-refractivity contribution in [3.05, 3.63) is 59.7 Å². The second kappa shape index (κ2) is 8.12. The van der Waals surface area contributed by atoms with Crippen LogP contribution in [-0.2, 0) is 23.8 Å². The lowest BCUT2D eigenvalue weighted by Gasteiger charge is -2.34. The van der Waals surface area contributed by atoms with Crippen LogP contribution in [0, 0.1) is 0 Å². The van der Waals surface area contributed by atoms with Crippen LogP contribution < -0.4 is 0 Å². The average molecular weight is 383 g/mol. The molecule has 146 valence electrons. The molecule has 2 aromatic carbocycles. The molecular formula is C21H21NO6. The Balaban J connectivity index is 2.17. The highest BCUT2D eigenvalue weighted by atomic mass is 16.6. The van der Waals surface area contributed by atoms with E-state index in [1.54, 1.807) is 0 Å². The van der Waals surface area contributed by atoms with E-state index in [-0.39, 0.29) is 6.42 Å². The van der Waals surface area contributed by atoms with Crippen LogP contribution in [0.4, 0.5) is 4.79 Å². The van der Waals surface area contributed by atoms with E-state index in [4.69, 9.17) is 14.2 Å². The molecule has 7 nitrogen and oxygen atoms in total. The predicted octanol–water partition coefficient (Wildman–Crippen LogP) is 2.93. The Morgan fingerprint density at radius 3 is 1.86 bits per heavy atom. The minimum atomic E-state index is -1.20. The molecule has 0 aromatic heterocycles. The highest BCUT2D eigenvalue weighted by molar-refractivity contribution is 5.88. The van der Waals surface area contributed by atoms with Gasteiger partial charge in [-0.3, -0.25) is 9.69 Å². The van der Waals surface area contributed by atoms with Crippen molar-refractivity contribution in [2.45, 2.75) is 18.5 Å². The lowest BCUT2D eigenvalue weighted by Crippen LogP contribution is -2.48. The van der Waals surface area contributed by atoms with Gasteiger partial charge in [0.05, 0.1) is 33.8 Å². The van der Waals surface area contributed by atoms with Gasteiger partial charge in [-0.1, -0.05) is 48.5 Å². The first-order valence-corrected chi connectivity index (χ1v) is 8.72. The lowest BCUT2D eigenvalue weighted by molar-refractivity contribution is -0.153. The summed E-state index contributed by atoms with van der Waals surface area (Å²) in [7, 11) is 3.66. The van der Waals surface area contributed by atoms with Crippen molar-refractivity contribution in [2.24, 2.45) is 0 Å². The van der Waals surface area contributed by atoms with Crippen molar-refractivity contribution in [1.82, 2.24) is 4.90 Å². The van der Waals surface area contributed by atoms with Crippen LogP contribution in [0.3, 0.4) is 0 Å². The molecule has 2 aromatic rings. The van der Waals surface area contributed by atoms with Gasteiger partial charge in [0.2, 0.25) is 0 Å². The first-order valence-electron chi connectivity index (χ1n) is 8.72. The van der Waals surface area contributed by atoms with Crippen LogP contribution >= 0.6 is 0 Å². The Bertz CT molecular complexity index is 864. The Hall–Kier alpha value is -3.35. The summed E-state index contributed by atoms with van der Waals surface area (Å²) in [4.78, 5) is 38.5. The number of amides is 1. The second-order valence-corrected chi connectivity index (χ2v) is 6.27. The van der Waals surface area contributed by atoms with Gasteiger partial charge < -0.3 is 14.2 Å². The molecule has 0 radical (unpaired) electrons. The van der Waals surface area contributed by atoms with Gasteiger partial charge in [-0.15, -0.1) is 0 Å².